The normalized spacial score (nSPS) is 14.9. The smallest absolute Gasteiger partial charge is 0.00794 e. The van der Waals surface area contributed by atoms with Crippen LogP contribution in [0.4, 0.5) is 0 Å². The molecule has 0 radical (unpaired) electrons. The Morgan fingerprint density at radius 1 is 0.905 bits per heavy atom. The van der Waals surface area contributed by atoms with Crippen molar-refractivity contribution in [3.63, 3.8) is 0 Å². The molecule has 1 aliphatic rings. The van der Waals surface area contributed by atoms with Gasteiger partial charge < -0.3 is 5.73 Å². The molecule has 0 amide bonds. The van der Waals surface area contributed by atoms with Gasteiger partial charge in [-0.1, -0.05) is 48.5 Å². The maximum absolute atomic E-state index is 6.32. The molecule has 0 heterocycles. The minimum atomic E-state index is 0.285. The first kappa shape index (κ1) is 14.3. The fraction of sp³-hybridized carbons (Fsp3) is 0.400. The van der Waals surface area contributed by atoms with E-state index in [1.54, 1.807) is 11.1 Å². The van der Waals surface area contributed by atoms with Gasteiger partial charge in [-0.05, 0) is 67.2 Å². The number of benzene rings is 2. The molecule has 1 atom stereocenters. The van der Waals surface area contributed by atoms with Gasteiger partial charge in [-0.2, -0.15) is 0 Å². The fourth-order valence-electron chi connectivity index (χ4n) is 3.37. The van der Waals surface area contributed by atoms with Crippen LogP contribution in [-0.2, 0) is 25.7 Å². The Bertz CT molecular complexity index is 574. The molecule has 0 aromatic heterocycles. The molecule has 3 rings (SSSR count). The van der Waals surface area contributed by atoms with Gasteiger partial charge in [0.25, 0.3) is 0 Å². The lowest BCUT2D eigenvalue weighted by Crippen LogP contribution is -2.22. The molecule has 1 heteroatoms. The Balaban J connectivity index is 1.47. The lowest BCUT2D eigenvalue weighted by Gasteiger charge is -2.12. The summed E-state index contributed by atoms with van der Waals surface area (Å²) in [5.74, 6) is 0. The fourth-order valence-corrected chi connectivity index (χ4v) is 3.37. The van der Waals surface area contributed by atoms with Gasteiger partial charge in [-0.15, -0.1) is 0 Å². The van der Waals surface area contributed by atoms with E-state index in [9.17, 15) is 0 Å². The first-order valence-electron chi connectivity index (χ1n) is 8.21. The largest absolute Gasteiger partial charge is 0.327 e. The van der Waals surface area contributed by atoms with Crippen LogP contribution in [0.3, 0.4) is 0 Å². The maximum Gasteiger partial charge on any atom is 0.00794 e. The number of hydrogen-bond acceptors (Lipinski definition) is 1. The lowest BCUT2D eigenvalue weighted by molar-refractivity contribution is 0.580. The van der Waals surface area contributed by atoms with Crippen molar-refractivity contribution in [1.29, 1.82) is 0 Å². The Morgan fingerprint density at radius 3 is 2.57 bits per heavy atom. The van der Waals surface area contributed by atoms with E-state index in [1.165, 1.54) is 36.8 Å². The number of rotatable bonds is 6. The number of aryl methyl sites for hydroxylation is 3. The Kier molecular flexibility index (Phi) is 4.72. The Morgan fingerprint density at radius 2 is 1.71 bits per heavy atom. The molecular formula is C20H25N. The van der Waals surface area contributed by atoms with E-state index in [0.717, 1.165) is 19.3 Å². The molecule has 1 nitrogen and oxygen atoms in total. The zero-order valence-corrected chi connectivity index (χ0v) is 12.7. The van der Waals surface area contributed by atoms with E-state index in [4.69, 9.17) is 5.73 Å². The minimum Gasteiger partial charge on any atom is -0.327 e. The van der Waals surface area contributed by atoms with Crippen LogP contribution in [0.25, 0.3) is 0 Å². The van der Waals surface area contributed by atoms with E-state index in [1.807, 2.05) is 0 Å². The number of hydrogen-bond donors (Lipinski definition) is 1. The van der Waals surface area contributed by atoms with Crippen molar-refractivity contribution in [2.75, 3.05) is 0 Å². The lowest BCUT2D eigenvalue weighted by atomic mass is 9.97. The van der Waals surface area contributed by atoms with Gasteiger partial charge in [0.15, 0.2) is 0 Å². The average Bonchev–Trinajstić information content (AvgIpc) is 2.96. The predicted octanol–water partition coefficient (Wildman–Crippen LogP) is 4.07. The molecule has 2 aromatic carbocycles. The zero-order chi connectivity index (χ0) is 14.5. The molecule has 2 aromatic rings. The Hall–Kier alpha value is -1.60. The summed E-state index contributed by atoms with van der Waals surface area (Å²) in [6, 6.07) is 18.0. The third kappa shape index (κ3) is 3.95. The van der Waals surface area contributed by atoms with Gasteiger partial charge in [0, 0.05) is 6.04 Å². The van der Waals surface area contributed by atoms with E-state index in [2.05, 4.69) is 48.5 Å². The Labute approximate surface area is 128 Å². The van der Waals surface area contributed by atoms with Gasteiger partial charge >= 0.3 is 0 Å². The van der Waals surface area contributed by atoms with E-state index in [-0.39, 0.29) is 6.04 Å². The second-order valence-corrected chi connectivity index (χ2v) is 6.30. The molecule has 0 fully saturated rings. The summed E-state index contributed by atoms with van der Waals surface area (Å²) in [5, 5.41) is 0. The highest BCUT2D eigenvalue weighted by atomic mass is 14.6. The van der Waals surface area contributed by atoms with Crippen molar-refractivity contribution in [3.8, 4) is 0 Å². The van der Waals surface area contributed by atoms with Crippen molar-refractivity contribution < 1.29 is 0 Å². The van der Waals surface area contributed by atoms with Gasteiger partial charge in [-0.25, -0.2) is 0 Å². The molecule has 0 saturated heterocycles. The number of nitrogens with two attached hydrogens (primary N) is 1. The van der Waals surface area contributed by atoms with Crippen LogP contribution >= 0.6 is 0 Å². The maximum atomic E-state index is 6.32. The monoisotopic (exact) mass is 279 g/mol. The highest BCUT2D eigenvalue weighted by molar-refractivity contribution is 5.35. The molecular weight excluding hydrogens is 254 g/mol. The summed E-state index contributed by atoms with van der Waals surface area (Å²) >= 11 is 0. The van der Waals surface area contributed by atoms with Gasteiger partial charge in [0.1, 0.15) is 0 Å². The summed E-state index contributed by atoms with van der Waals surface area (Å²) < 4.78 is 0. The second kappa shape index (κ2) is 6.91. The molecule has 0 aliphatic heterocycles. The topological polar surface area (TPSA) is 26.0 Å². The van der Waals surface area contributed by atoms with Gasteiger partial charge in [0.2, 0.25) is 0 Å². The molecule has 110 valence electrons. The quantitative estimate of drug-likeness (QED) is 0.847. The number of fused-ring (bicyclic) bond motifs is 1. The minimum absolute atomic E-state index is 0.285. The van der Waals surface area contributed by atoms with E-state index >= 15 is 0 Å². The third-order valence-corrected chi connectivity index (χ3v) is 4.54. The summed E-state index contributed by atoms with van der Waals surface area (Å²) in [6.07, 6.45) is 8.27. The third-order valence-electron chi connectivity index (χ3n) is 4.54. The van der Waals surface area contributed by atoms with Gasteiger partial charge in [-0.3, -0.25) is 0 Å². The van der Waals surface area contributed by atoms with Crippen molar-refractivity contribution in [3.05, 3.63) is 70.8 Å². The van der Waals surface area contributed by atoms with Crippen LogP contribution in [0.2, 0.25) is 0 Å². The van der Waals surface area contributed by atoms with Crippen LogP contribution in [0.1, 0.15) is 41.5 Å². The highest BCUT2D eigenvalue weighted by Crippen LogP contribution is 2.23. The molecule has 0 spiro atoms. The van der Waals surface area contributed by atoms with Crippen molar-refractivity contribution >= 4 is 0 Å². The first-order chi connectivity index (χ1) is 10.3. The molecule has 1 aliphatic carbocycles. The van der Waals surface area contributed by atoms with Crippen molar-refractivity contribution in [2.45, 2.75) is 51.0 Å². The van der Waals surface area contributed by atoms with Crippen molar-refractivity contribution in [2.24, 2.45) is 5.73 Å². The summed E-state index contributed by atoms with van der Waals surface area (Å²) in [6.45, 7) is 0. The van der Waals surface area contributed by atoms with Crippen molar-refractivity contribution in [1.82, 2.24) is 0 Å². The zero-order valence-electron chi connectivity index (χ0n) is 12.7. The highest BCUT2D eigenvalue weighted by Gasteiger charge is 2.12. The average molecular weight is 279 g/mol. The van der Waals surface area contributed by atoms with Crippen LogP contribution in [0.15, 0.2) is 48.5 Å². The first-order valence-corrected chi connectivity index (χ1v) is 8.21. The molecule has 21 heavy (non-hydrogen) atoms. The standard InChI is InChI=1S/C20H25N/c21-20(11-4-8-16-6-2-1-3-7-16)15-17-12-13-18-9-5-10-19(18)14-17/h1-3,6-7,12-14,20H,4-5,8-11,15,21H2. The van der Waals surface area contributed by atoms with E-state index in [0.29, 0.717) is 0 Å². The molecule has 2 N–H and O–H groups in total. The molecule has 0 bridgehead atoms. The SMILES string of the molecule is NC(CCCc1ccccc1)Cc1ccc2c(c1)CCC2. The van der Waals surface area contributed by atoms with Gasteiger partial charge in [0.05, 0.1) is 0 Å². The van der Waals surface area contributed by atoms with E-state index < -0.39 is 0 Å². The summed E-state index contributed by atoms with van der Waals surface area (Å²) in [7, 11) is 0. The molecule has 0 saturated carbocycles. The van der Waals surface area contributed by atoms with Crippen LogP contribution in [0.5, 0.6) is 0 Å². The van der Waals surface area contributed by atoms with Crippen LogP contribution < -0.4 is 5.73 Å². The second-order valence-electron chi connectivity index (χ2n) is 6.30. The predicted molar refractivity (Wildman–Crippen MR) is 89.5 cm³/mol. The van der Waals surface area contributed by atoms with Crippen LogP contribution in [0, 0.1) is 0 Å². The molecule has 1 unspecified atom stereocenters. The summed E-state index contributed by atoms with van der Waals surface area (Å²) in [5.41, 5.74) is 12.3. The van der Waals surface area contributed by atoms with Crippen LogP contribution in [-0.4, -0.2) is 6.04 Å². The summed E-state index contributed by atoms with van der Waals surface area (Å²) in [4.78, 5) is 0.